The molecule has 8 heteroatoms. The summed E-state index contributed by atoms with van der Waals surface area (Å²) in [6.45, 7) is 12.3. The number of para-hydroxylation sites is 1. The lowest BCUT2D eigenvalue weighted by atomic mass is 9.80. The molecule has 2 saturated heterocycles. The third-order valence-electron chi connectivity index (χ3n) is 7.20. The summed E-state index contributed by atoms with van der Waals surface area (Å²) < 4.78 is 26.8. The van der Waals surface area contributed by atoms with Gasteiger partial charge in [-0.25, -0.2) is 13.7 Å². The molecule has 2 heterocycles. The number of carbonyl (C=O) groups excluding carboxylic acids is 1. The lowest BCUT2D eigenvalue weighted by Gasteiger charge is -2.49. The Balaban J connectivity index is 1.43. The summed E-state index contributed by atoms with van der Waals surface area (Å²) in [5.74, 6) is 0.570. The molecule has 0 radical (unpaired) electrons. The van der Waals surface area contributed by atoms with Crippen LogP contribution in [-0.2, 0) is 21.3 Å². The van der Waals surface area contributed by atoms with Crippen LogP contribution in [0, 0.1) is 0 Å². The lowest BCUT2D eigenvalue weighted by Crippen LogP contribution is -2.58. The first kappa shape index (κ1) is 26.8. The molecule has 2 aromatic rings. The van der Waals surface area contributed by atoms with Crippen LogP contribution in [0.25, 0.3) is 0 Å². The Bertz CT molecular complexity index is 1030. The van der Waals surface area contributed by atoms with Crippen molar-refractivity contribution in [2.24, 2.45) is 0 Å². The molecule has 2 aromatic carbocycles. The first-order valence-corrected chi connectivity index (χ1v) is 14.0. The van der Waals surface area contributed by atoms with E-state index in [2.05, 4.69) is 40.8 Å². The van der Waals surface area contributed by atoms with Gasteiger partial charge in [0.05, 0.1) is 21.3 Å². The molecule has 0 bridgehead atoms. The van der Waals surface area contributed by atoms with Gasteiger partial charge in [-0.15, -0.1) is 0 Å². The quantitative estimate of drug-likeness (QED) is 0.610. The number of rotatable bonds is 6. The highest BCUT2D eigenvalue weighted by Crippen LogP contribution is 2.39. The van der Waals surface area contributed by atoms with Gasteiger partial charge in [0.1, 0.15) is 5.75 Å². The third kappa shape index (κ3) is 6.17. The van der Waals surface area contributed by atoms with E-state index in [1.54, 1.807) is 17.0 Å². The first-order valence-electron chi connectivity index (χ1n) is 12.8. The summed E-state index contributed by atoms with van der Waals surface area (Å²) in [4.78, 5) is 17.0. The highest BCUT2D eigenvalue weighted by Gasteiger charge is 2.42. The number of ether oxygens (including phenoxy) is 2. The van der Waals surface area contributed by atoms with E-state index < -0.39 is 11.0 Å². The van der Waals surface area contributed by atoms with Gasteiger partial charge in [0.15, 0.2) is 0 Å². The minimum Gasteiger partial charge on any atom is -0.410 e. The molecule has 7 nitrogen and oxygen atoms in total. The highest BCUT2D eigenvalue weighted by atomic mass is 32.2. The molecule has 196 valence electrons. The van der Waals surface area contributed by atoms with Crippen molar-refractivity contribution >= 4 is 17.1 Å². The van der Waals surface area contributed by atoms with Gasteiger partial charge in [-0.05, 0) is 63.8 Å². The van der Waals surface area contributed by atoms with Crippen molar-refractivity contribution in [2.75, 3.05) is 39.4 Å². The van der Waals surface area contributed by atoms with E-state index in [9.17, 15) is 9.00 Å². The van der Waals surface area contributed by atoms with Gasteiger partial charge in [-0.2, -0.15) is 0 Å². The molecule has 0 spiro atoms. The maximum atomic E-state index is 12.7. The molecular weight excluding hydrogens is 474 g/mol. The molecule has 2 aliphatic heterocycles. The Labute approximate surface area is 217 Å². The van der Waals surface area contributed by atoms with Crippen LogP contribution in [0.1, 0.15) is 57.7 Å². The number of carbonyl (C=O) groups is 1. The Morgan fingerprint density at radius 3 is 2.19 bits per heavy atom. The molecule has 2 atom stereocenters. The van der Waals surface area contributed by atoms with Crippen LogP contribution in [0.4, 0.5) is 4.79 Å². The summed E-state index contributed by atoms with van der Waals surface area (Å²) in [5, 5.41) is 0. The average molecular weight is 514 g/mol. The van der Waals surface area contributed by atoms with Crippen LogP contribution in [0.15, 0.2) is 54.6 Å². The first-order chi connectivity index (χ1) is 17.2. The van der Waals surface area contributed by atoms with E-state index in [0.717, 1.165) is 44.7 Å². The number of hydrogen-bond donors (Lipinski definition) is 1. The molecule has 0 unspecified atom stereocenters. The normalized spacial score (nSPS) is 20.5. The maximum Gasteiger partial charge on any atom is 0.415 e. The largest absolute Gasteiger partial charge is 0.415 e. The highest BCUT2D eigenvalue weighted by molar-refractivity contribution is 7.84. The minimum atomic E-state index is -1.13. The second-order valence-corrected chi connectivity index (χ2v) is 12.6. The molecule has 0 saturated carbocycles. The second-order valence-electron chi connectivity index (χ2n) is 10.6. The predicted molar refractivity (Wildman–Crippen MR) is 143 cm³/mol. The summed E-state index contributed by atoms with van der Waals surface area (Å²) in [7, 11) is -1.13. The number of hydrogen-bond acceptors (Lipinski definition) is 5. The van der Waals surface area contributed by atoms with Crippen LogP contribution in [0.3, 0.4) is 0 Å². The van der Waals surface area contributed by atoms with E-state index in [0.29, 0.717) is 18.8 Å². The van der Waals surface area contributed by atoms with Crippen molar-refractivity contribution in [3.63, 3.8) is 0 Å². The monoisotopic (exact) mass is 513 g/mol. The van der Waals surface area contributed by atoms with Crippen LogP contribution in [0.5, 0.6) is 5.75 Å². The number of nitrogens with one attached hydrogen (secondary N) is 1. The summed E-state index contributed by atoms with van der Waals surface area (Å²) in [6, 6.07) is 17.9. The average Bonchev–Trinajstić information content (AvgIpc) is 2.89. The topological polar surface area (TPSA) is 71.1 Å². The number of amides is 1. The fourth-order valence-electron chi connectivity index (χ4n) is 4.95. The van der Waals surface area contributed by atoms with Crippen LogP contribution in [0.2, 0.25) is 0 Å². The van der Waals surface area contributed by atoms with Crippen molar-refractivity contribution in [3.05, 3.63) is 65.7 Å². The van der Waals surface area contributed by atoms with Crippen LogP contribution >= 0.6 is 0 Å². The SMILES string of the molecule is C[C@@H](N[S@](=O)C(C)(C)C)c1ccc(C2(N3CCN(C(=O)Oc4ccccc4)CC3)CCOCC2)cc1. The van der Waals surface area contributed by atoms with Gasteiger partial charge in [0.2, 0.25) is 0 Å². The van der Waals surface area contributed by atoms with Crippen molar-refractivity contribution in [1.29, 1.82) is 0 Å². The van der Waals surface area contributed by atoms with E-state index in [-0.39, 0.29) is 22.4 Å². The van der Waals surface area contributed by atoms with Gasteiger partial charge in [0.25, 0.3) is 0 Å². The number of nitrogens with zero attached hydrogens (tertiary/aromatic N) is 2. The van der Waals surface area contributed by atoms with Gasteiger partial charge < -0.3 is 14.4 Å². The number of benzene rings is 2. The van der Waals surface area contributed by atoms with Gasteiger partial charge >= 0.3 is 6.09 Å². The zero-order valence-corrected chi connectivity index (χ0v) is 22.7. The molecular formula is C28H39N3O4S. The molecule has 2 aliphatic rings. The molecule has 1 amide bonds. The van der Waals surface area contributed by atoms with Crippen molar-refractivity contribution in [3.8, 4) is 5.75 Å². The molecule has 0 aromatic heterocycles. The van der Waals surface area contributed by atoms with Crippen LogP contribution in [-0.4, -0.2) is 64.2 Å². The predicted octanol–water partition coefficient (Wildman–Crippen LogP) is 4.62. The Morgan fingerprint density at radius 2 is 1.61 bits per heavy atom. The number of piperazine rings is 1. The van der Waals surface area contributed by atoms with E-state index in [4.69, 9.17) is 9.47 Å². The third-order valence-corrected chi connectivity index (χ3v) is 8.88. The molecule has 4 rings (SSSR count). The summed E-state index contributed by atoms with van der Waals surface area (Å²) in [5.41, 5.74) is 2.28. The van der Waals surface area contributed by atoms with Crippen molar-refractivity contribution in [2.45, 2.75) is 56.9 Å². The zero-order chi connectivity index (χ0) is 25.8. The van der Waals surface area contributed by atoms with Gasteiger partial charge in [0, 0.05) is 45.4 Å². The van der Waals surface area contributed by atoms with E-state index >= 15 is 0 Å². The van der Waals surface area contributed by atoms with E-state index in [1.807, 2.05) is 39.0 Å². The second kappa shape index (κ2) is 11.4. The van der Waals surface area contributed by atoms with Gasteiger partial charge in [-0.3, -0.25) is 4.90 Å². The Morgan fingerprint density at radius 1 is 1.00 bits per heavy atom. The minimum absolute atomic E-state index is 0.0103. The summed E-state index contributed by atoms with van der Waals surface area (Å²) >= 11 is 0. The lowest BCUT2D eigenvalue weighted by molar-refractivity contribution is -0.0483. The molecule has 1 N–H and O–H groups in total. The maximum absolute atomic E-state index is 12.7. The fourth-order valence-corrected chi connectivity index (χ4v) is 5.77. The van der Waals surface area contributed by atoms with Gasteiger partial charge in [-0.1, -0.05) is 42.5 Å². The van der Waals surface area contributed by atoms with Crippen LogP contribution < -0.4 is 9.46 Å². The van der Waals surface area contributed by atoms with E-state index in [1.165, 1.54) is 5.56 Å². The summed E-state index contributed by atoms with van der Waals surface area (Å²) in [6.07, 6.45) is 1.55. The molecule has 36 heavy (non-hydrogen) atoms. The standard InChI is InChI=1S/C28H39N3O4S/c1-22(29-36(33)27(2,3)4)23-10-12-24(13-11-23)28(14-20-34-21-15-28)31-18-16-30(17-19-31)26(32)35-25-8-6-5-7-9-25/h5-13,22,29H,14-21H2,1-4H3/t22-,36-/m1/s1. The zero-order valence-electron chi connectivity index (χ0n) is 21.9. The fraction of sp³-hybridized carbons (Fsp3) is 0.536. The van der Waals surface area contributed by atoms with Crippen molar-refractivity contribution < 1.29 is 18.5 Å². The molecule has 2 fully saturated rings. The van der Waals surface area contributed by atoms with Crippen molar-refractivity contribution in [1.82, 2.24) is 14.5 Å². The smallest absolute Gasteiger partial charge is 0.410 e. The molecule has 0 aliphatic carbocycles. The Kier molecular flexibility index (Phi) is 8.50. The Hall–Kier alpha value is -2.26.